The van der Waals surface area contributed by atoms with Crippen LogP contribution >= 0.6 is 0 Å². The Kier molecular flexibility index (Phi) is 3.49. The molecule has 0 radical (unpaired) electrons. The van der Waals surface area contributed by atoms with Crippen LogP contribution in [-0.4, -0.2) is 36.4 Å². The molecule has 1 unspecified atom stereocenters. The van der Waals surface area contributed by atoms with Gasteiger partial charge in [0.25, 0.3) is 0 Å². The smallest absolute Gasteiger partial charge is 0.179 e. The Hall–Kier alpha value is -1.33. The van der Waals surface area contributed by atoms with Crippen molar-refractivity contribution in [3.63, 3.8) is 0 Å². The van der Waals surface area contributed by atoms with Crippen molar-refractivity contribution in [2.24, 2.45) is 5.73 Å². The quantitative estimate of drug-likeness (QED) is 0.807. The second-order valence-corrected chi connectivity index (χ2v) is 4.33. The molecule has 2 N–H and O–H groups in total. The van der Waals surface area contributed by atoms with Crippen molar-refractivity contribution in [3.8, 4) is 0 Å². The Morgan fingerprint density at radius 3 is 2.82 bits per heavy atom. The number of halogens is 2. The largest absolute Gasteiger partial charge is 0.326 e. The van der Waals surface area contributed by atoms with Crippen LogP contribution in [0.25, 0.3) is 0 Å². The number of benzene rings is 1. The highest BCUT2D eigenvalue weighted by atomic mass is 19.1. The minimum absolute atomic E-state index is 0.0631. The van der Waals surface area contributed by atoms with E-state index in [2.05, 4.69) is 0 Å². The monoisotopic (exact) mass is 240 g/mol. The number of carbonyl (C=O) groups is 1. The summed E-state index contributed by atoms with van der Waals surface area (Å²) >= 11 is 0. The van der Waals surface area contributed by atoms with E-state index in [0.717, 1.165) is 25.1 Å². The number of nitrogens with two attached hydrogens (primary N) is 1. The van der Waals surface area contributed by atoms with Crippen LogP contribution in [0.5, 0.6) is 0 Å². The van der Waals surface area contributed by atoms with Crippen molar-refractivity contribution in [1.29, 1.82) is 0 Å². The molecule has 1 atom stereocenters. The second-order valence-electron chi connectivity index (χ2n) is 4.33. The zero-order valence-corrected chi connectivity index (χ0v) is 9.33. The zero-order valence-electron chi connectivity index (χ0n) is 9.33. The molecule has 1 aromatic carbocycles. The topological polar surface area (TPSA) is 46.3 Å². The predicted octanol–water partition coefficient (Wildman–Crippen LogP) is 1.18. The first-order valence-corrected chi connectivity index (χ1v) is 5.52. The van der Waals surface area contributed by atoms with Crippen molar-refractivity contribution in [1.82, 2.24) is 4.90 Å². The molecule has 1 saturated heterocycles. The molecule has 1 aliphatic heterocycles. The average molecular weight is 240 g/mol. The molecule has 0 bridgehead atoms. The first-order chi connectivity index (χ1) is 8.06. The van der Waals surface area contributed by atoms with Crippen molar-refractivity contribution >= 4 is 5.78 Å². The molecule has 3 nitrogen and oxygen atoms in total. The Balaban J connectivity index is 2.04. The van der Waals surface area contributed by atoms with Gasteiger partial charge in [-0.25, -0.2) is 8.78 Å². The summed E-state index contributed by atoms with van der Waals surface area (Å²) in [6, 6.07) is 3.08. The molecule has 17 heavy (non-hydrogen) atoms. The number of ketones is 1. The third-order valence-corrected chi connectivity index (χ3v) is 2.91. The molecule has 0 aromatic heterocycles. The van der Waals surface area contributed by atoms with E-state index in [0.29, 0.717) is 6.54 Å². The average Bonchev–Trinajstić information content (AvgIpc) is 2.63. The maximum Gasteiger partial charge on any atom is 0.179 e. The van der Waals surface area contributed by atoms with Gasteiger partial charge < -0.3 is 5.73 Å². The third kappa shape index (κ3) is 2.87. The van der Waals surface area contributed by atoms with E-state index in [9.17, 15) is 13.6 Å². The van der Waals surface area contributed by atoms with E-state index in [-0.39, 0.29) is 23.9 Å². The van der Waals surface area contributed by atoms with Crippen molar-refractivity contribution in [2.75, 3.05) is 19.6 Å². The molecule has 2 rings (SSSR count). The van der Waals surface area contributed by atoms with Gasteiger partial charge in [-0.3, -0.25) is 9.69 Å². The van der Waals surface area contributed by atoms with Crippen LogP contribution in [0.4, 0.5) is 8.78 Å². The van der Waals surface area contributed by atoms with E-state index < -0.39 is 11.6 Å². The number of likely N-dealkylation sites (tertiary alicyclic amines) is 1. The van der Waals surface area contributed by atoms with Crippen LogP contribution < -0.4 is 5.73 Å². The van der Waals surface area contributed by atoms with Gasteiger partial charge in [0.15, 0.2) is 5.78 Å². The van der Waals surface area contributed by atoms with Crippen LogP contribution in [-0.2, 0) is 0 Å². The maximum absolute atomic E-state index is 13.3. The van der Waals surface area contributed by atoms with Crippen LogP contribution in [0.2, 0.25) is 0 Å². The summed E-state index contributed by atoms with van der Waals surface area (Å²) < 4.78 is 26.0. The van der Waals surface area contributed by atoms with Gasteiger partial charge in [-0.05, 0) is 18.6 Å². The van der Waals surface area contributed by atoms with Crippen LogP contribution in [0, 0.1) is 11.6 Å². The molecular weight excluding hydrogens is 226 g/mol. The molecule has 1 aliphatic rings. The first-order valence-electron chi connectivity index (χ1n) is 5.52. The minimum Gasteiger partial charge on any atom is -0.326 e. The van der Waals surface area contributed by atoms with Crippen LogP contribution in [0.1, 0.15) is 16.8 Å². The minimum atomic E-state index is -0.807. The fourth-order valence-electron chi connectivity index (χ4n) is 2.01. The van der Waals surface area contributed by atoms with Crippen LogP contribution in [0.3, 0.4) is 0 Å². The van der Waals surface area contributed by atoms with Gasteiger partial charge in [0, 0.05) is 25.2 Å². The van der Waals surface area contributed by atoms with Gasteiger partial charge >= 0.3 is 0 Å². The lowest BCUT2D eigenvalue weighted by Crippen LogP contribution is -2.31. The second kappa shape index (κ2) is 4.89. The Morgan fingerprint density at radius 2 is 2.24 bits per heavy atom. The molecule has 1 heterocycles. The lowest BCUT2D eigenvalue weighted by atomic mass is 10.1. The van der Waals surface area contributed by atoms with E-state index in [4.69, 9.17) is 5.73 Å². The molecular formula is C12H14F2N2O. The van der Waals surface area contributed by atoms with E-state index in [1.165, 1.54) is 6.07 Å². The van der Waals surface area contributed by atoms with E-state index in [1.807, 2.05) is 4.90 Å². The lowest BCUT2D eigenvalue weighted by molar-refractivity contribution is 0.0940. The molecule has 1 aromatic rings. The summed E-state index contributed by atoms with van der Waals surface area (Å²) in [5.41, 5.74) is 5.65. The Morgan fingerprint density at radius 1 is 1.47 bits per heavy atom. The number of carbonyl (C=O) groups excluding carboxylic acids is 1. The normalized spacial score (nSPS) is 20.8. The van der Waals surface area contributed by atoms with Gasteiger partial charge in [0.1, 0.15) is 11.6 Å². The highest BCUT2D eigenvalue weighted by molar-refractivity contribution is 5.97. The molecule has 1 fully saturated rings. The molecule has 0 spiro atoms. The molecule has 0 aliphatic carbocycles. The van der Waals surface area contributed by atoms with Gasteiger partial charge in [-0.2, -0.15) is 0 Å². The first kappa shape index (κ1) is 12.1. The van der Waals surface area contributed by atoms with Gasteiger partial charge in [-0.1, -0.05) is 0 Å². The van der Waals surface area contributed by atoms with Crippen molar-refractivity contribution in [2.45, 2.75) is 12.5 Å². The molecule has 0 amide bonds. The molecule has 0 saturated carbocycles. The van der Waals surface area contributed by atoms with Crippen LogP contribution in [0.15, 0.2) is 18.2 Å². The lowest BCUT2D eigenvalue weighted by Gasteiger charge is -2.14. The molecule has 92 valence electrons. The van der Waals surface area contributed by atoms with Gasteiger partial charge in [-0.15, -0.1) is 0 Å². The zero-order chi connectivity index (χ0) is 12.4. The van der Waals surface area contributed by atoms with Crippen molar-refractivity contribution in [3.05, 3.63) is 35.4 Å². The third-order valence-electron chi connectivity index (χ3n) is 2.91. The summed E-state index contributed by atoms with van der Waals surface area (Å²) in [4.78, 5) is 13.7. The van der Waals surface area contributed by atoms with Gasteiger partial charge in [0.05, 0.1) is 12.1 Å². The number of nitrogens with zero attached hydrogens (tertiary/aromatic N) is 1. The summed E-state index contributed by atoms with van der Waals surface area (Å²) in [6.45, 7) is 1.53. The summed E-state index contributed by atoms with van der Waals surface area (Å²) in [6.07, 6.45) is 0.846. The number of rotatable bonds is 3. The standard InChI is InChI=1S/C12H14F2N2O/c13-8-1-2-10(11(14)5-8)12(17)7-16-4-3-9(15)6-16/h1-2,5,9H,3-4,6-7,15H2. The highest BCUT2D eigenvalue weighted by Gasteiger charge is 2.22. The highest BCUT2D eigenvalue weighted by Crippen LogP contribution is 2.13. The SMILES string of the molecule is NC1CCN(CC(=O)c2ccc(F)cc2F)C1. The number of hydrogen-bond donors (Lipinski definition) is 1. The van der Waals surface area contributed by atoms with E-state index >= 15 is 0 Å². The maximum atomic E-state index is 13.3. The number of Topliss-reactive ketones (excluding diaryl/α,β-unsaturated/α-hetero) is 1. The summed E-state index contributed by atoms with van der Waals surface area (Å²) in [5, 5.41) is 0. The Labute approximate surface area is 98.2 Å². The summed E-state index contributed by atoms with van der Waals surface area (Å²) in [5.74, 6) is -1.82. The predicted molar refractivity (Wildman–Crippen MR) is 59.7 cm³/mol. The fourth-order valence-corrected chi connectivity index (χ4v) is 2.01. The summed E-state index contributed by atoms with van der Waals surface area (Å²) in [7, 11) is 0. The molecule has 5 heteroatoms. The van der Waals surface area contributed by atoms with Gasteiger partial charge in [0.2, 0.25) is 0 Å². The fraction of sp³-hybridized carbons (Fsp3) is 0.417. The van der Waals surface area contributed by atoms with E-state index in [1.54, 1.807) is 0 Å². The number of hydrogen-bond acceptors (Lipinski definition) is 3. The van der Waals surface area contributed by atoms with Crippen molar-refractivity contribution < 1.29 is 13.6 Å². The Bertz CT molecular complexity index is 437.